The SMILES string of the molecule is CCCCC/C=C\CCCCCCCCC1(CCCCCCCC/C=C\CCCCC)OC2CCN(C)CCC2O1. The maximum atomic E-state index is 6.83. The number of hydrogen-bond acceptors (Lipinski definition) is 3. The molecule has 2 rings (SSSR count). The van der Waals surface area contributed by atoms with E-state index in [0.717, 1.165) is 38.8 Å². The van der Waals surface area contributed by atoms with E-state index in [0.29, 0.717) is 12.2 Å². The Hall–Kier alpha value is -0.640. The number of fused-ring (bicyclic) bond motifs is 1. The van der Waals surface area contributed by atoms with E-state index in [4.69, 9.17) is 9.47 Å². The second-order valence-electron chi connectivity index (χ2n) is 13.4. The van der Waals surface area contributed by atoms with Gasteiger partial charge in [0.05, 0.1) is 12.2 Å². The lowest BCUT2D eigenvalue weighted by molar-refractivity contribution is -0.188. The van der Waals surface area contributed by atoms with Gasteiger partial charge >= 0.3 is 0 Å². The molecule has 0 aromatic heterocycles. The topological polar surface area (TPSA) is 21.7 Å². The monoisotopic (exact) mass is 574 g/mol. The Labute approximate surface area is 257 Å². The summed E-state index contributed by atoms with van der Waals surface area (Å²) in [5.74, 6) is -0.295. The van der Waals surface area contributed by atoms with Crippen LogP contribution in [0.4, 0.5) is 0 Å². The fourth-order valence-corrected chi connectivity index (χ4v) is 6.61. The van der Waals surface area contributed by atoms with E-state index in [1.54, 1.807) is 0 Å². The Morgan fingerprint density at radius 1 is 0.512 bits per heavy atom. The van der Waals surface area contributed by atoms with Gasteiger partial charge in [-0.3, -0.25) is 0 Å². The van der Waals surface area contributed by atoms with Gasteiger partial charge in [-0.1, -0.05) is 115 Å². The van der Waals surface area contributed by atoms with E-state index in [1.165, 1.54) is 141 Å². The van der Waals surface area contributed by atoms with Gasteiger partial charge in [0.25, 0.3) is 0 Å². The highest BCUT2D eigenvalue weighted by Crippen LogP contribution is 2.40. The predicted molar refractivity (Wildman–Crippen MR) is 180 cm³/mol. The van der Waals surface area contributed by atoms with Gasteiger partial charge in [0.15, 0.2) is 5.79 Å². The Kier molecular flexibility index (Phi) is 22.1. The van der Waals surface area contributed by atoms with Crippen LogP contribution in [0.15, 0.2) is 24.3 Å². The number of rotatable bonds is 26. The average molecular weight is 574 g/mol. The molecule has 0 amide bonds. The molecule has 2 atom stereocenters. The maximum absolute atomic E-state index is 6.83. The minimum atomic E-state index is -0.295. The van der Waals surface area contributed by atoms with Crippen LogP contribution in [0.25, 0.3) is 0 Å². The first-order valence-electron chi connectivity index (χ1n) is 18.5. The highest BCUT2D eigenvalue weighted by Gasteiger charge is 2.47. The second kappa shape index (κ2) is 24.8. The first-order chi connectivity index (χ1) is 20.2. The molecule has 0 N–H and O–H groups in total. The molecule has 0 aromatic rings. The summed E-state index contributed by atoms with van der Waals surface area (Å²) in [6, 6.07) is 0. The number of unbranched alkanes of at least 4 members (excludes halogenated alkanes) is 18. The average Bonchev–Trinajstić information content (AvgIpc) is 3.24. The van der Waals surface area contributed by atoms with Gasteiger partial charge in [-0.2, -0.15) is 0 Å². The van der Waals surface area contributed by atoms with Crippen molar-refractivity contribution in [2.75, 3.05) is 20.1 Å². The molecule has 2 heterocycles. The maximum Gasteiger partial charge on any atom is 0.169 e. The fraction of sp³-hybridized carbons (Fsp3) is 0.895. The molecule has 0 spiro atoms. The smallest absolute Gasteiger partial charge is 0.169 e. The van der Waals surface area contributed by atoms with E-state index in [-0.39, 0.29) is 5.79 Å². The molecule has 0 bridgehead atoms. The van der Waals surface area contributed by atoms with Crippen molar-refractivity contribution in [2.24, 2.45) is 0 Å². The molecular weight excluding hydrogens is 502 g/mol. The summed E-state index contributed by atoms with van der Waals surface area (Å²) in [5, 5.41) is 0. The molecule has 0 aliphatic carbocycles. The van der Waals surface area contributed by atoms with Gasteiger partial charge < -0.3 is 14.4 Å². The van der Waals surface area contributed by atoms with Crippen LogP contribution in [-0.4, -0.2) is 43.0 Å². The van der Waals surface area contributed by atoms with Gasteiger partial charge in [-0.25, -0.2) is 0 Å². The van der Waals surface area contributed by atoms with Crippen molar-refractivity contribution in [2.45, 2.75) is 199 Å². The zero-order chi connectivity index (χ0) is 29.3. The molecule has 3 heteroatoms. The highest BCUT2D eigenvalue weighted by molar-refractivity contribution is 4.89. The lowest BCUT2D eigenvalue weighted by Gasteiger charge is -2.29. The van der Waals surface area contributed by atoms with Crippen LogP contribution in [0, 0.1) is 0 Å². The van der Waals surface area contributed by atoms with Gasteiger partial charge in [-0.15, -0.1) is 0 Å². The van der Waals surface area contributed by atoms with Gasteiger partial charge in [0.2, 0.25) is 0 Å². The van der Waals surface area contributed by atoms with Crippen molar-refractivity contribution >= 4 is 0 Å². The number of nitrogens with zero attached hydrogens (tertiary/aromatic N) is 1. The quantitative estimate of drug-likeness (QED) is 0.0758. The standard InChI is InChI=1S/C38H71NO2/c1-4-6-8-10-12-14-16-18-20-22-24-26-28-32-38(40-36-30-34-39(3)35-31-37(36)41-38)33-29-27-25-23-21-19-17-15-13-11-9-7-5-2/h12-15,36-37H,4-11,16-35H2,1-3H3/b14-12-,15-13-. The Morgan fingerprint density at radius 2 is 0.854 bits per heavy atom. The highest BCUT2D eigenvalue weighted by atomic mass is 16.8. The van der Waals surface area contributed by atoms with Crippen LogP contribution < -0.4 is 0 Å². The largest absolute Gasteiger partial charge is 0.344 e. The van der Waals surface area contributed by atoms with Crippen LogP contribution in [0.3, 0.4) is 0 Å². The van der Waals surface area contributed by atoms with Gasteiger partial charge in [0.1, 0.15) is 0 Å². The van der Waals surface area contributed by atoms with E-state index >= 15 is 0 Å². The van der Waals surface area contributed by atoms with E-state index in [1.807, 2.05) is 0 Å². The van der Waals surface area contributed by atoms with Crippen LogP contribution in [-0.2, 0) is 9.47 Å². The molecule has 2 aliphatic rings. The van der Waals surface area contributed by atoms with Crippen LogP contribution in [0.2, 0.25) is 0 Å². The van der Waals surface area contributed by atoms with Crippen molar-refractivity contribution in [3.63, 3.8) is 0 Å². The van der Waals surface area contributed by atoms with E-state index in [2.05, 4.69) is 50.1 Å². The molecule has 0 saturated carbocycles. The first kappa shape index (κ1) is 36.6. The lowest BCUT2D eigenvalue weighted by Crippen LogP contribution is -2.32. The Balaban J connectivity index is 1.59. The Bertz CT molecular complexity index is 590. The summed E-state index contributed by atoms with van der Waals surface area (Å²) in [5.41, 5.74) is 0. The summed E-state index contributed by atoms with van der Waals surface area (Å²) in [6.07, 6.45) is 44.0. The molecule has 240 valence electrons. The van der Waals surface area contributed by atoms with Crippen molar-refractivity contribution in [3.8, 4) is 0 Å². The molecule has 0 radical (unpaired) electrons. The number of hydrogen-bond donors (Lipinski definition) is 0. The minimum absolute atomic E-state index is 0.295. The van der Waals surface area contributed by atoms with Crippen molar-refractivity contribution in [1.29, 1.82) is 0 Å². The summed E-state index contributed by atoms with van der Waals surface area (Å²) in [6.45, 7) is 6.84. The predicted octanol–water partition coefficient (Wildman–Crippen LogP) is 11.7. The summed E-state index contributed by atoms with van der Waals surface area (Å²) >= 11 is 0. The molecule has 2 saturated heterocycles. The third-order valence-electron chi connectivity index (χ3n) is 9.38. The minimum Gasteiger partial charge on any atom is -0.344 e. The summed E-state index contributed by atoms with van der Waals surface area (Å²) < 4.78 is 13.7. The van der Waals surface area contributed by atoms with Crippen molar-refractivity contribution < 1.29 is 9.47 Å². The number of allylic oxidation sites excluding steroid dienone is 4. The zero-order valence-corrected chi connectivity index (χ0v) is 28.0. The molecule has 2 fully saturated rings. The fourth-order valence-electron chi connectivity index (χ4n) is 6.61. The molecule has 0 aromatic carbocycles. The third kappa shape index (κ3) is 17.9. The number of ether oxygens (including phenoxy) is 2. The summed E-state index contributed by atoms with van der Waals surface area (Å²) in [7, 11) is 2.24. The lowest BCUT2D eigenvalue weighted by atomic mass is 9.98. The zero-order valence-electron chi connectivity index (χ0n) is 28.0. The van der Waals surface area contributed by atoms with Gasteiger partial charge in [0, 0.05) is 25.9 Å². The van der Waals surface area contributed by atoms with E-state index < -0.39 is 0 Å². The molecule has 41 heavy (non-hydrogen) atoms. The molecule has 2 unspecified atom stereocenters. The first-order valence-corrected chi connectivity index (χ1v) is 18.5. The molecular formula is C38H71NO2. The second-order valence-corrected chi connectivity index (χ2v) is 13.4. The third-order valence-corrected chi connectivity index (χ3v) is 9.38. The molecule has 3 nitrogen and oxygen atoms in total. The summed E-state index contributed by atoms with van der Waals surface area (Å²) in [4.78, 5) is 2.44. The normalized spacial score (nSPS) is 21.2. The Morgan fingerprint density at radius 3 is 1.24 bits per heavy atom. The van der Waals surface area contributed by atoms with Crippen molar-refractivity contribution in [1.82, 2.24) is 4.90 Å². The van der Waals surface area contributed by atoms with Crippen molar-refractivity contribution in [3.05, 3.63) is 24.3 Å². The van der Waals surface area contributed by atoms with Crippen LogP contribution >= 0.6 is 0 Å². The van der Waals surface area contributed by atoms with Crippen LogP contribution in [0.1, 0.15) is 181 Å². The number of likely N-dealkylation sites (tertiary alicyclic amines) is 1. The van der Waals surface area contributed by atoms with Crippen LogP contribution in [0.5, 0.6) is 0 Å². The van der Waals surface area contributed by atoms with Gasteiger partial charge in [-0.05, 0) is 84.1 Å². The molecule has 2 aliphatic heterocycles. The van der Waals surface area contributed by atoms with E-state index in [9.17, 15) is 0 Å².